The van der Waals surface area contributed by atoms with Gasteiger partial charge in [-0.1, -0.05) is 0 Å². The van der Waals surface area contributed by atoms with Gasteiger partial charge in [0.15, 0.2) is 0 Å². The van der Waals surface area contributed by atoms with Crippen molar-refractivity contribution in [3.05, 3.63) is 18.1 Å². The molecule has 0 spiro atoms. The Morgan fingerprint density at radius 1 is 1.45 bits per heavy atom. The van der Waals surface area contributed by atoms with Crippen LogP contribution >= 0.6 is 0 Å². The lowest BCUT2D eigenvalue weighted by atomic mass is 10.4. The fourth-order valence-corrected chi connectivity index (χ4v) is 0.586. The van der Waals surface area contributed by atoms with Crippen LogP contribution in [0, 0.1) is 6.92 Å². The van der Waals surface area contributed by atoms with Crippen LogP contribution in [-0.2, 0) is 0 Å². The van der Waals surface area contributed by atoms with Gasteiger partial charge >= 0.3 is 6.61 Å². The number of alkyl halides is 2. The quantitative estimate of drug-likeness (QED) is 0.655. The zero-order chi connectivity index (χ0) is 8.27. The summed E-state index contributed by atoms with van der Waals surface area (Å²) in [4.78, 5) is 7.18. The minimum atomic E-state index is -2.83. The monoisotopic (exact) mass is 160 g/mol. The maximum atomic E-state index is 11.6. The van der Waals surface area contributed by atoms with Crippen LogP contribution in [0.3, 0.4) is 0 Å². The van der Waals surface area contributed by atoms with E-state index >= 15 is 0 Å². The number of hydrogen-bond acceptors (Lipinski definition) is 3. The van der Waals surface area contributed by atoms with Crippen molar-refractivity contribution in [2.75, 3.05) is 0 Å². The van der Waals surface area contributed by atoms with E-state index in [9.17, 15) is 8.78 Å². The lowest BCUT2D eigenvalue weighted by Gasteiger charge is -2.01. The van der Waals surface area contributed by atoms with E-state index in [-0.39, 0.29) is 5.88 Å². The van der Waals surface area contributed by atoms with Crippen LogP contribution in [0.2, 0.25) is 0 Å². The van der Waals surface area contributed by atoms with Gasteiger partial charge in [0, 0.05) is 11.8 Å². The van der Waals surface area contributed by atoms with Crippen molar-refractivity contribution in [3.8, 4) is 5.88 Å². The van der Waals surface area contributed by atoms with Crippen molar-refractivity contribution in [1.29, 1.82) is 0 Å². The molecule has 0 amide bonds. The van der Waals surface area contributed by atoms with Crippen LogP contribution in [-0.4, -0.2) is 16.6 Å². The molecule has 11 heavy (non-hydrogen) atoms. The SMILES string of the molecule is Cc1cc(OC(F)F)ncn1. The highest BCUT2D eigenvalue weighted by molar-refractivity contribution is 5.11. The van der Waals surface area contributed by atoms with Crippen molar-refractivity contribution in [2.24, 2.45) is 0 Å². The van der Waals surface area contributed by atoms with Gasteiger partial charge in [-0.15, -0.1) is 0 Å². The Hall–Kier alpha value is -1.26. The minimum Gasteiger partial charge on any atom is -0.417 e. The van der Waals surface area contributed by atoms with Gasteiger partial charge in [0.25, 0.3) is 0 Å². The van der Waals surface area contributed by atoms with E-state index in [1.807, 2.05) is 0 Å². The number of aromatic nitrogens is 2. The molecule has 0 aromatic carbocycles. The molecule has 0 fully saturated rings. The molecule has 0 unspecified atom stereocenters. The molecular weight excluding hydrogens is 154 g/mol. The molecule has 1 heterocycles. The molecule has 1 aromatic heterocycles. The van der Waals surface area contributed by atoms with Crippen LogP contribution < -0.4 is 4.74 Å². The maximum Gasteiger partial charge on any atom is 0.388 e. The topological polar surface area (TPSA) is 35.0 Å². The fourth-order valence-electron chi connectivity index (χ4n) is 0.586. The van der Waals surface area contributed by atoms with E-state index in [2.05, 4.69) is 14.7 Å². The van der Waals surface area contributed by atoms with E-state index in [1.54, 1.807) is 6.92 Å². The third kappa shape index (κ3) is 2.45. The Morgan fingerprint density at radius 2 is 2.18 bits per heavy atom. The van der Waals surface area contributed by atoms with E-state index in [0.717, 1.165) is 0 Å². The molecule has 0 aliphatic carbocycles. The molecule has 60 valence electrons. The first kappa shape index (κ1) is 7.84. The molecule has 1 aromatic rings. The molecule has 0 aliphatic heterocycles. The van der Waals surface area contributed by atoms with Gasteiger partial charge in [0.1, 0.15) is 6.33 Å². The van der Waals surface area contributed by atoms with Crippen LogP contribution in [0.5, 0.6) is 5.88 Å². The van der Waals surface area contributed by atoms with Gasteiger partial charge in [0.2, 0.25) is 5.88 Å². The predicted molar refractivity (Wildman–Crippen MR) is 33.4 cm³/mol. The first-order valence-corrected chi connectivity index (χ1v) is 2.92. The van der Waals surface area contributed by atoms with Crippen molar-refractivity contribution < 1.29 is 13.5 Å². The summed E-state index contributed by atoms with van der Waals surface area (Å²) in [6.45, 7) is -1.16. The van der Waals surface area contributed by atoms with Gasteiger partial charge < -0.3 is 4.74 Å². The zero-order valence-electron chi connectivity index (χ0n) is 5.79. The summed E-state index contributed by atoms with van der Waals surface area (Å²) in [5.74, 6) is -0.104. The van der Waals surface area contributed by atoms with Gasteiger partial charge in [-0.3, -0.25) is 0 Å². The summed E-state index contributed by atoms with van der Waals surface area (Å²) in [5.41, 5.74) is 0.593. The number of rotatable bonds is 2. The lowest BCUT2D eigenvalue weighted by Crippen LogP contribution is -2.03. The van der Waals surface area contributed by atoms with Crippen molar-refractivity contribution in [2.45, 2.75) is 13.5 Å². The van der Waals surface area contributed by atoms with E-state index in [0.29, 0.717) is 5.69 Å². The van der Waals surface area contributed by atoms with E-state index in [4.69, 9.17) is 0 Å². The molecule has 0 radical (unpaired) electrons. The Morgan fingerprint density at radius 3 is 2.73 bits per heavy atom. The lowest BCUT2D eigenvalue weighted by molar-refractivity contribution is -0.0529. The Bertz CT molecular complexity index is 242. The number of aryl methyl sites for hydroxylation is 1. The normalized spacial score (nSPS) is 10.2. The molecule has 0 aliphatic rings. The third-order valence-corrected chi connectivity index (χ3v) is 0.989. The molecule has 3 nitrogen and oxygen atoms in total. The van der Waals surface area contributed by atoms with Crippen LogP contribution in [0.1, 0.15) is 5.69 Å². The standard InChI is InChI=1S/C6H6F2N2O/c1-4-2-5(10-3-9-4)11-6(7)8/h2-3,6H,1H3. The van der Waals surface area contributed by atoms with Crippen molar-refractivity contribution >= 4 is 0 Å². The second kappa shape index (κ2) is 3.23. The molecule has 5 heteroatoms. The fraction of sp³-hybridized carbons (Fsp3) is 0.333. The molecule has 1 rings (SSSR count). The largest absolute Gasteiger partial charge is 0.417 e. The summed E-state index contributed by atoms with van der Waals surface area (Å²) in [7, 11) is 0. The molecule has 0 N–H and O–H groups in total. The first-order chi connectivity index (χ1) is 5.18. The van der Waals surface area contributed by atoms with Crippen LogP contribution in [0.25, 0.3) is 0 Å². The van der Waals surface area contributed by atoms with Gasteiger partial charge in [-0.05, 0) is 6.92 Å². The van der Waals surface area contributed by atoms with Gasteiger partial charge in [0.05, 0.1) is 0 Å². The smallest absolute Gasteiger partial charge is 0.388 e. The average Bonchev–Trinajstić information content (AvgIpc) is 1.85. The summed E-state index contributed by atoms with van der Waals surface area (Å²) in [6, 6.07) is 1.34. The minimum absolute atomic E-state index is 0.104. The molecule has 0 bridgehead atoms. The van der Waals surface area contributed by atoms with Crippen molar-refractivity contribution in [1.82, 2.24) is 9.97 Å². The average molecular weight is 160 g/mol. The van der Waals surface area contributed by atoms with Crippen LogP contribution in [0.4, 0.5) is 8.78 Å². The summed E-state index contributed by atoms with van der Waals surface area (Å²) in [6.07, 6.45) is 1.17. The van der Waals surface area contributed by atoms with Crippen molar-refractivity contribution in [3.63, 3.8) is 0 Å². The second-order valence-electron chi connectivity index (χ2n) is 1.88. The van der Waals surface area contributed by atoms with E-state index < -0.39 is 6.61 Å². The van der Waals surface area contributed by atoms with E-state index in [1.165, 1.54) is 12.4 Å². The molecular formula is C6H6F2N2O. The van der Waals surface area contributed by atoms with Gasteiger partial charge in [-0.2, -0.15) is 8.78 Å². The van der Waals surface area contributed by atoms with Gasteiger partial charge in [-0.25, -0.2) is 9.97 Å². The Balaban J connectivity index is 2.71. The number of nitrogens with zero attached hydrogens (tertiary/aromatic N) is 2. The second-order valence-corrected chi connectivity index (χ2v) is 1.88. The Labute approximate surface area is 62.0 Å². The first-order valence-electron chi connectivity index (χ1n) is 2.92. The number of ether oxygens (including phenoxy) is 1. The molecule has 0 saturated carbocycles. The predicted octanol–water partition coefficient (Wildman–Crippen LogP) is 1.39. The number of halogens is 2. The highest BCUT2D eigenvalue weighted by atomic mass is 19.3. The molecule has 0 saturated heterocycles. The third-order valence-electron chi connectivity index (χ3n) is 0.989. The summed E-state index contributed by atoms with van der Waals surface area (Å²) >= 11 is 0. The Kier molecular flexibility index (Phi) is 2.30. The highest BCUT2D eigenvalue weighted by Crippen LogP contribution is 2.08. The maximum absolute atomic E-state index is 11.6. The molecule has 0 atom stereocenters. The number of hydrogen-bond donors (Lipinski definition) is 0. The summed E-state index contributed by atoms with van der Waals surface area (Å²) in [5, 5.41) is 0. The zero-order valence-corrected chi connectivity index (χ0v) is 5.79. The highest BCUT2D eigenvalue weighted by Gasteiger charge is 2.04. The van der Waals surface area contributed by atoms with Crippen LogP contribution in [0.15, 0.2) is 12.4 Å². The summed E-state index contributed by atoms with van der Waals surface area (Å²) < 4.78 is 27.1.